The normalized spacial score (nSPS) is 14.4. The van der Waals surface area contributed by atoms with Gasteiger partial charge >= 0.3 is 0 Å². The molecule has 15 heavy (non-hydrogen) atoms. The minimum absolute atomic E-state index is 0.0187. The second-order valence-electron chi connectivity index (χ2n) is 4.35. The van der Waals surface area contributed by atoms with Crippen molar-refractivity contribution >= 4 is 0 Å². The van der Waals surface area contributed by atoms with Crippen molar-refractivity contribution in [2.45, 2.75) is 26.9 Å². The van der Waals surface area contributed by atoms with E-state index >= 15 is 0 Å². The number of hydrogen-bond acceptors (Lipinski definition) is 1. The van der Waals surface area contributed by atoms with E-state index in [-0.39, 0.29) is 11.5 Å². The van der Waals surface area contributed by atoms with Crippen LogP contribution in [0.25, 0.3) is 0 Å². The molecule has 82 valence electrons. The zero-order chi connectivity index (χ0) is 11.3. The second kappa shape index (κ2) is 5.13. The van der Waals surface area contributed by atoms with Crippen LogP contribution in [0.1, 0.15) is 32.4 Å². The molecule has 0 saturated carbocycles. The maximum atomic E-state index is 5.60. The highest BCUT2D eigenvalue weighted by atomic mass is 16.5. The number of hydrogen-bond donors (Lipinski definition) is 0. The summed E-state index contributed by atoms with van der Waals surface area (Å²) in [6, 6.07) is 10.3. The third-order valence-electron chi connectivity index (χ3n) is 2.61. The Balaban J connectivity index is 2.99. The van der Waals surface area contributed by atoms with E-state index in [4.69, 9.17) is 4.74 Å². The number of benzene rings is 1. The van der Waals surface area contributed by atoms with Crippen molar-refractivity contribution in [1.29, 1.82) is 0 Å². The molecule has 1 heteroatoms. The summed E-state index contributed by atoms with van der Waals surface area (Å²) in [6.07, 6.45) is 4.37. The summed E-state index contributed by atoms with van der Waals surface area (Å²) in [6.45, 7) is 6.42. The lowest BCUT2D eigenvalue weighted by Crippen LogP contribution is -2.21. The van der Waals surface area contributed by atoms with E-state index in [2.05, 4.69) is 38.1 Å². The van der Waals surface area contributed by atoms with E-state index in [1.165, 1.54) is 5.56 Å². The van der Waals surface area contributed by atoms with Gasteiger partial charge in [0.15, 0.2) is 0 Å². The van der Waals surface area contributed by atoms with Crippen LogP contribution in [0.3, 0.4) is 0 Å². The van der Waals surface area contributed by atoms with Gasteiger partial charge in [-0.1, -0.05) is 56.3 Å². The van der Waals surface area contributed by atoms with Crippen molar-refractivity contribution in [2.75, 3.05) is 7.11 Å². The van der Waals surface area contributed by atoms with Crippen molar-refractivity contribution in [3.63, 3.8) is 0 Å². The smallest absolute Gasteiger partial charge is 0.0906 e. The number of ether oxygens (including phenoxy) is 1. The average Bonchev–Trinajstić information content (AvgIpc) is 2.19. The lowest BCUT2D eigenvalue weighted by Gasteiger charge is -2.30. The molecule has 1 atom stereocenters. The standard InChI is InChI=1S/C14H20O/c1-5-11-14(2,3)13(15-4)12-9-7-6-8-10-12/h5-11,13H,1-4H3/b11-5+. The van der Waals surface area contributed by atoms with E-state index in [1.54, 1.807) is 7.11 Å². The first-order valence-electron chi connectivity index (χ1n) is 5.33. The van der Waals surface area contributed by atoms with E-state index in [1.807, 2.05) is 25.1 Å². The van der Waals surface area contributed by atoms with Gasteiger partial charge in [0.05, 0.1) is 6.10 Å². The van der Waals surface area contributed by atoms with E-state index < -0.39 is 0 Å². The molecule has 0 heterocycles. The fraction of sp³-hybridized carbons (Fsp3) is 0.429. The average molecular weight is 204 g/mol. The Labute approximate surface area is 92.8 Å². The topological polar surface area (TPSA) is 9.23 Å². The molecule has 1 rings (SSSR count). The van der Waals surface area contributed by atoms with Gasteiger partial charge in [0.25, 0.3) is 0 Å². The van der Waals surface area contributed by atoms with Gasteiger partial charge in [-0.3, -0.25) is 0 Å². The minimum Gasteiger partial charge on any atom is -0.376 e. The van der Waals surface area contributed by atoms with Crippen LogP contribution in [0.5, 0.6) is 0 Å². The summed E-state index contributed by atoms with van der Waals surface area (Å²) in [4.78, 5) is 0. The first-order chi connectivity index (χ1) is 7.11. The first kappa shape index (κ1) is 12.0. The summed E-state index contributed by atoms with van der Waals surface area (Å²) in [5.41, 5.74) is 1.24. The molecule has 0 aliphatic carbocycles. The van der Waals surface area contributed by atoms with Gasteiger partial charge in [0, 0.05) is 12.5 Å². The molecule has 1 aromatic carbocycles. The highest BCUT2D eigenvalue weighted by Gasteiger charge is 2.27. The molecule has 0 fully saturated rings. The van der Waals surface area contributed by atoms with E-state index in [9.17, 15) is 0 Å². The van der Waals surface area contributed by atoms with Crippen LogP contribution in [0.15, 0.2) is 42.5 Å². The number of rotatable bonds is 4. The maximum absolute atomic E-state index is 5.60. The Kier molecular flexibility index (Phi) is 4.10. The van der Waals surface area contributed by atoms with Crippen molar-refractivity contribution < 1.29 is 4.74 Å². The van der Waals surface area contributed by atoms with Crippen molar-refractivity contribution in [2.24, 2.45) is 5.41 Å². The fourth-order valence-corrected chi connectivity index (χ4v) is 2.01. The van der Waals surface area contributed by atoms with Gasteiger partial charge in [0.1, 0.15) is 0 Å². The Hall–Kier alpha value is -1.08. The Morgan fingerprint density at radius 2 is 1.80 bits per heavy atom. The predicted octanol–water partition coefficient (Wildman–Crippen LogP) is 3.98. The molecule has 1 aromatic rings. The van der Waals surface area contributed by atoms with Crippen LogP contribution in [0.4, 0.5) is 0 Å². The molecule has 1 unspecified atom stereocenters. The minimum atomic E-state index is 0.0187. The van der Waals surface area contributed by atoms with Gasteiger partial charge < -0.3 is 4.74 Å². The predicted molar refractivity (Wildman–Crippen MR) is 64.8 cm³/mol. The summed E-state index contributed by atoms with van der Waals surface area (Å²) < 4.78 is 5.60. The van der Waals surface area contributed by atoms with Gasteiger partial charge in [-0.15, -0.1) is 0 Å². The van der Waals surface area contributed by atoms with Crippen LogP contribution >= 0.6 is 0 Å². The second-order valence-corrected chi connectivity index (χ2v) is 4.35. The monoisotopic (exact) mass is 204 g/mol. The fourth-order valence-electron chi connectivity index (χ4n) is 2.01. The van der Waals surface area contributed by atoms with Crippen molar-refractivity contribution in [1.82, 2.24) is 0 Å². The van der Waals surface area contributed by atoms with Crippen LogP contribution in [-0.4, -0.2) is 7.11 Å². The van der Waals surface area contributed by atoms with Gasteiger partial charge in [-0.05, 0) is 12.5 Å². The highest BCUT2D eigenvalue weighted by Crippen LogP contribution is 2.37. The van der Waals surface area contributed by atoms with Crippen LogP contribution in [0.2, 0.25) is 0 Å². The molecule has 0 aliphatic rings. The lowest BCUT2D eigenvalue weighted by molar-refractivity contribution is 0.0301. The molecule has 0 saturated heterocycles. The molecule has 0 spiro atoms. The lowest BCUT2D eigenvalue weighted by atomic mass is 9.82. The molecule has 0 radical (unpaired) electrons. The SMILES string of the molecule is C/C=C/C(C)(C)C(OC)c1ccccc1. The van der Waals surface area contributed by atoms with Gasteiger partial charge in [0.2, 0.25) is 0 Å². The molecule has 0 aromatic heterocycles. The zero-order valence-electron chi connectivity index (χ0n) is 10.0. The quantitative estimate of drug-likeness (QED) is 0.674. The molecule has 1 nitrogen and oxygen atoms in total. The number of methoxy groups -OCH3 is 1. The van der Waals surface area contributed by atoms with Crippen molar-refractivity contribution in [3.05, 3.63) is 48.0 Å². The van der Waals surface area contributed by atoms with Crippen LogP contribution in [-0.2, 0) is 4.74 Å². The Morgan fingerprint density at radius 3 is 2.27 bits per heavy atom. The van der Waals surface area contributed by atoms with E-state index in [0.717, 1.165) is 0 Å². The highest BCUT2D eigenvalue weighted by molar-refractivity contribution is 5.21. The molecule has 0 bridgehead atoms. The third kappa shape index (κ3) is 2.93. The van der Waals surface area contributed by atoms with Gasteiger partial charge in [-0.25, -0.2) is 0 Å². The van der Waals surface area contributed by atoms with E-state index in [0.29, 0.717) is 0 Å². The maximum Gasteiger partial charge on any atom is 0.0906 e. The summed E-state index contributed by atoms with van der Waals surface area (Å²) >= 11 is 0. The molecule has 0 N–H and O–H groups in total. The Morgan fingerprint density at radius 1 is 1.20 bits per heavy atom. The first-order valence-corrected chi connectivity index (χ1v) is 5.33. The van der Waals surface area contributed by atoms with Crippen LogP contribution < -0.4 is 0 Å². The largest absolute Gasteiger partial charge is 0.376 e. The summed E-state index contributed by atoms with van der Waals surface area (Å²) in [5, 5.41) is 0. The van der Waals surface area contributed by atoms with Crippen molar-refractivity contribution in [3.8, 4) is 0 Å². The van der Waals surface area contributed by atoms with Gasteiger partial charge in [-0.2, -0.15) is 0 Å². The number of allylic oxidation sites excluding steroid dienone is 1. The van der Waals surface area contributed by atoms with Crippen LogP contribution in [0, 0.1) is 5.41 Å². The Bertz CT molecular complexity index is 311. The third-order valence-corrected chi connectivity index (χ3v) is 2.61. The zero-order valence-corrected chi connectivity index (χ0v) is 10.0. The molecule has 0 amide bonds. The molecular formula is C14H20O. The summed E-state index contributed by atoms with van der Waals surface area (Å²) in [5.74, 6) is 0. The molecule has 0 aliphatic heterocycles. The molecular weight excluding hydrogens is 184 g/mol. The summed E-state index contributed by atoms with van der Waals surface area (Å²) in [7, 11) is 1.77.